The number of hydrogen-bond acceptors (Lipinski definition) is 4. The third kappa shape index (κ3) is 4.74. The topological polar surface area (TPSA) is 101 Å². The zero-order valence-electron chi connectivity index (χ0n) is 17.6. The fourth-order valence-electron chi connectivity index (χ4n) is 3.56. The van der Waals surface area contributed by atoms with Crippen LogP contribution in [0.3, 0.4) is 0 Å². The van der Waals surface area contributed by atoms with Gasteiger partial charge in [0.25, 0.3) is 11.5 Å². The molecule has 166 valence electrons. The molecular weight excluding hydrogens is 423 g/mol. The lowest BCUT2D eigenvalue weighted by molar-refractivity contribution is 0.0984. The summed E-state index contributed by atoms with van der Waals surface area (Å²) in [5, 5.41) is 0. The molecule has 8 heteroatoms. The van der Waals surface area contributed by atoms with Gasteiger partial charge in [0.05, 0.1) is 13.1 Å². The fourth-order valence-corrected chi connectivity index (χ4v) is 3.56. The van der Waals surface area contributed by atoms with Gasteiger partial charge < -0.3 is 5.73 Å². The predicted octanol–water partition coefficient (Wildman–Crippen LogP) is 3.15. The van der Waals surface area contributed by atoms with Crippen LogP contribution in [-0.4, -0.2) is 15.5 Å². The SMILES string of the molecule is Nc1c(N(Cc2ccccc2)C(=O)c2cccc(F)c2)c(=O)[nH]c(=O)n1Cc1ccccc1. The molecule has 33 heavy (non-hydrogen) atoms. The number of nitrogens with zero attached hydrogens (tertiary/aromatic N) is 2. The first-order valence-electron chi connectivity index (χ1n) is 10.2. The molecule has 1 amide bonds. The summed E-state index contributed by atoms with van der Waals surface area (Å²) >= 11 is 0. The van der Waals surface area contributed by atoms with Crippen molar-refractivity contribution in [1.29, 1.82) is 0 Å². The number of hydrogen-bond donors (Lipinski definition) is 2. The number of benzene rings is 3. The van der Waals surface area contributed by atoms with Crippen molar-refractivity contribution < 1.29 is 9.18 Å². The molecule has 0 bridgehead atoms. The van der Waals surface area contributed by atoms with Crippen LogP contribution in [0.25, 0.3) is 0 Å². The van der Waals surface area contributed by atoms with Gasteiger partial charge in [0.2, 0.25) is 0 Å². The Labute approximate surface area is 188 Å². The van der Waals surface area contributed by atoms with Gasteiger partial charge in [0.15, 0.2) is 5.69 Å². The zero-order chi connectivity index (χ0) is 23.4. The molecule has 0 atom stereocenters. The summed E-state index contributed by atoms with van der Waals surface area (Å²) in [5.74, 6) is -1.37. The number of carbonyl (C=O) groups excluding carboxylic acids is 1. The van der Waals surface area contributed by atoms with Crippen LogP contribution in [-0.2, 0) is 13.1 Å². The molecular formula is C25H21FN4O3. The molecule has 0 aliphatic carbocycles. The maximum absolute atomic E-state index is 13.8. The van der Waals surface area contributed by atoms with E-state index in [1.807, 2.05) is 36.4 Å². The van der Waals surface area contributed by atoms with E-state index in [-0.39, 0.29) is 30.2 Å². The van der Waals surface area contributed by atoms with Crippen molar-refractivity contribution in [2.24, 2.45) is 0 Å². The normalized spacial score (nSPS) is 10.7. The Morgan fingerprint density at radius 3 is 2.18 bits per heavy atom. The van der Waals surface area contributed by atoms with E-state index in [0.717, 1.165) is 17.2 Å². The summed E-state index contributed by atoms with van der Waals surface area (Å²) in [6, 6.07) is 23.3. The van der Waals surface area contributed by atoms with E-state index >= 15 is 0 Å². The van der Waals surface area contributed by atoms with Gasteiger partial charge in [0, 0.05) is 5.56 Å². The van der Waals surface area contributed by atoms with Gasteiger partial charge in [-0.3, -0.25) is 24.0 Å². The Kier molecular flexibility index (Phi) is 6.17. The fraction of sp³-hybridized carbons (Fsp3) is 0.0800. The number of nitrogen functional groups attached to an aromatic ring is 1. The molecule has 3 N–H and O–H groups in total. The van der Waals surface area contributed by atoms with Crippen LogP contribution in [0.5, 0.6) is 0 Å². The molecule has 4 rings (SSSR count). The number of nitrogens with two attached hydrogens (primary N) is 1. The summed E-state index contributed by atoms with van der Waals surface area (Å²) in [6.45, 7) is 0.0929. The third-order valence-corrected chi connectivity index (χ3v) is 5.17. The van der Waals surface area contributed by atoms with Crippen LogP contribution in [0.15, 0.2) is 94.5 Å². The summed E-state index contributed by atoms with van der Waals surface area (Å²) in [6.07, 6.45) is 0. The van der Waals surface area contributed by atoms with Crippen LogP contribution in [0, 0.1) is 5.82 Å². The molecule has 1 aromatic heterocycles. The van der Waals surface area contributed by atoms with Crippen LogP contribution in [0.1, 0.15) is 21.5 Å². The summed E-state index contributed by atoms with van der Waals surface area (Å²) in [5.41, 5.74) is 6.19. The first-order chi connectivity index (χ1) is 15.9. The van der Waals surface area contributed by atoms with Gasteiger partial charge in [-0.15, -0.1) is 0 Å². The molecule has 0 unspecified atom stereocenters. The molecule has 7 nitrogen and oxygen atoms in total. The third-order valence-electron chi connectivity index (χ3n) is 5.17. The van der Waals surface area contributed by atoms with E-state index in [4.69, 9.17) is 5.73 Å². The first-order valence-corrected chi connectivity index (χ1v) is 10.2. The maximum atomic E-state index is 13.8. The van der Waals surface area contributed by atoms with Crippen molar-refractivity contribution in [3.63, 3.8) is 0 Å². The van der Waals surface area contributed by atoms with Gasteiger partial charge >= 0.3 is 5.69 Å². The number of rotatable bonds is 6. The van der Waals surface area contributed by atoms with Crippen LogP contribution < -0.4 is 21.9 Å². The molecule has 0 fully saturated rings. The predicted molar refractivity (Wildman–Crippen MR) is 125 cm³/mol. The second-order valence-corrected chi connectivity index (χ2v) is 7.45. The molecule has 0 spiro atoms. The van der Waals surface area contributed by atoms with E-state index in [1.54, 1.807) is 24.3 Å². The molecule has 0 radical (unpaired) electrons. The van der Waals surface area contributed by atoms with Crippen molar-refractivity contribution in [2.75, 3.05) is 10.6 Å². The van der Waals surface area contributed by atoms with Crippen LogP contribution in [0.4, 0.5) is 15.9 Å². The second-order valence-electron chi connectivity index (χ2n) is 7.45. The Hall–Kier alpha value is -4.46. The minimum Gasteiger partial charge on any atom is -0.383 e. The largest absolute Gasteiger partial charge is 0.383 e. The molecule has 1 heterocycles. The van der Waals surface area contributed by atoms with E-state index in [9.17, 15) is 18.8 Å². The monoisotopic (exact) mass is 444 g/mol. The van der Waals surface area contributed by atoms with Crippen LogP contribution in [0.2, 0.25) is 0 Å². The minimum absolute atomic E-state index is 0.00694. The van der Waals surface area contributed by atoms with Gasteiger partial charge in [0.1, 0.15) is 11.6 Å². The quantitative estimate of drug-likeness (QED) is 0.477. The minimum atomic E-state index is -0.803. The van der Waals surface area contributed by atoms with E-state index in [1.165, 1.54) is 27.7 Å². The molecule has 4 aromatic rings. The number of anilines is 2. The molecule has 0 saturated heterocycles. The van der Waals surface area contributed by atoms with Gasteiger partial charge in [-0.25, -0.2) is 9.18 Å². The highest BCUT2D eigenvalue weighted by atomic mass is 19.1. The average molecular weight is 444 g/mol. The zero-order valence-corrected chi connectivity index (χ0v) is 17.6. The molecule has 0 aliphatic heterocycles. The first kappa shape index (κ1) is 21.8. The lowest BCUT2D eigenvalue weighted by Gasteiger charge is -2.25. The Morgan fingerprint density at radius 1 is 0.909 bits per heavy atom. The summed E-state index contributed by atoms with van der Waals surface area (Å²) in [7, 11) is 0. The number of nitrogens with one attached hydrogen (secondary N) is 1. The number of halogens is 1. The van der Waals surface area contributed by atoms with Crippen LogP contribution >= 0.6 is 0 Å². The van der Waals surface area contributed by atoms with Crippen molar-refractivity contribution >= 4 is 17.4 Å². The molecule has 0 saturated carbocycles. The highest BCUT2D eigenvalue weighted by Crippen LogP contribution is 2.23. The lowest BCUT2D eigenvalue weighted by Crippen LogP contribution is -2.41. The average Bonchev–Trinajstić information content (AvgIpc) is 2.82. The lowest BCUT2D eigenvalue weighted by atomic mass is 10.1. The number of aromatic nitrogens is 2. The smallest absolute Gasteiger partial charge is 0.330 e. The Morgan fingerprint density at radius 2 is 1.55 bits per heavy atom. The standard InChI is InChI=1S/C25H21FN4O3/c26-20-13-7-12-19(14-20)24(32)29(15-17-8-3-1-4-9-17)21-22(27)30(25(33)28-23(21)31)16-18-10-5-2-6-11-18/h1-14H,15-16,27H2,(H,28,31,33). The number of carbonyl (C=O) groups is 1. The Bertz CT molecular complexity index is 1400. The van der Waals surface area contributed by atoms with Gasteiger partial charge in [-0.05, 0) is 29.3 Å². The van der Waals surface area contributed by atoms with Gasteiger partial charge in [-0.1, -0.05) is 66.7 Å². The van der Waals surface area contributed by atoms with Gasteiger partial charge in [-0.2, -0.15) is 0 Å². The molecule has 0 aliphatic rings. The van der Waals surface area contributed by atoms with Crippen molar-refractivity contribution in [3.05, 3.63) is 128 Å². The summed E-state index contributed by atoms with van der Waals surface area (Å²) < 4.78 is 15.0. The number of H-pyrrole nitrogens is 1. The maximum Gasteiger partial charge on any atom is 0.330 e. The van der Waals surface area contributed by atoms with Crippen molar-refractivity contribution in [3.8, 4) is 0 Å². The van der Waals surface area contributed by atoms with E-state index < -0.39 is 23.0 Å². The molecule has 3 aromatic carbocycles. The number of amides is 1. The van der Waals surface area contributed by atoms with E-state index in [0.29, 0.717) is 0 Å². The van der Waals surface area contributed by atoms with Crippen molar-refractivity contribution in [2.45, 2.75) is 13.1 Å². The highest BCUT2D eigenvalue weighted by molar-refractivity contribution is 6.07. The summed E-state index contributed by atoms with van der Waals surface area (Å²) in [4.78, 5) is 42.3. The van der Waals surface area contributed by atoms with Crippen molar-refractivity contribution in [1.82, 2.24) is 9.55 Å². The van der Waals surface area contributed by atoms with E-state index in [2.05, 4.69) is 4.98 Å². The highest BCUT2D eigenvalue weighted by Gasteiger charge is 2.26. The second kappa shape index (κ2) is 9.35. The Balaban J connectivity index is 1.85. The number of aromatic amines is 1.